The topological polar surface area (TPSA) is 41.7 Å². The van der Waals surface area contributed by atoms with Crippen molar-refractivity contribution >= 4 is 21.6 Å². The van der Waals surface area contributed by atoms with Crippen molar-refractivity contribution in [2.24, 2.45) is 7.05 Å². The highest BCUT2D eigenvalue weighted by molar-refractivity contribution is 7.16. The van der Waals surface area contributed by atoms with Crippen LogP contribution in [0.1, 0.15) is 5.56 Å². The van der Waals surface area contributed by atoms with Crippen LogP contribution in [0.25, 0.3) is 21.3 Å². The number of benzene rings is 1. The molecule has 0 saturated carbocycles. The van der Waals surface area contributed by atoms with E-state index in [2.05, 4.69) is 30.1 Å². The van der Waals surface area contributed by atoms with Crippen LogP contribution in [0, 0.1) is 12.3 Å². The molecule has 4 heteroatoms. The number of hydrogen-bond acceptors (Lipinski definition) is 3. The maximum atomic E-state index is 7.83. The standard InChI is InChI=1S/C14H13N3S/c1-9-5-6-16-8-11(9)10-3-4-12-13(7-10)18-14(15)17(12)2/h3-8,15H,1-2H3. The van der Waals surface area contributed by atoms with Crippen LogP contribution in [0.3, 0.4) is 0 Å². The van der Waals surface area contributed by atoms with Gasteiger partial charge < -0.3 is 4.57 Å². The molecule has 0 fully saturated rings. The van der Waals surface area contributed by atoms with Crippen molar-refractivity contribution in [1.29, 1.82) is 5.41 Å². The van der Waals surface area contributed by atoms with Crippen LogP contribution >= 0.6 is 11.3 Å². The molecule has 0 aliphatic carbocycles. The Kier molecular flexibility index (Phi) is 2.52. The first-order chi connectivity index (χ1) is 8.66. The zero-order valence-corrected chi connectivity index (χ0v) is 11.1. The average Bonchev–Trinajstić information content (AvgIpc) is 2.65. The Morgan fingerprint density at radius 3 is 2.89 bits per heavy atom. The number of pyridine rings is 1. The lowest BCUT2D eigenvalue weighted by molar-refractivity contribution is 0.893. The SMILES string of the molecule is Cc1ccncc1-c1ccc2c(c1)sc(=N)n2C. The molecule has 0 unspecified atom stereocenters. The van der Waals surface area contributed by atoms with Crippen molar-refractivity contribution in [3.8, 4) is 11.1 Å². The van der Waals surface area contributed by atoms with Crippen molar-refractivity contribution in [3.05, 3.63) is 47.0 Å². The molecule has 18 heavy (non-hydrogen) atoms. The van der Waals surface area contributed by atoms with Gasteiger partial charge in [0.2, 0.25) is 0 Å². The molecule has 2 aromatic heterocycles. The lowest BCUT2D eigenvalue weighted by atomic mass is 10.0. The second-order valence-corrected chi connectivity index (χ2v) is 5.37. The summed E-state index contributed by atoms with van der Waals surface area (Å²) in [6.07, 6.45) is 3.70. The predicted octanol–water partition coefficient (Wildman–Crippen LogP) is 3.09. The van der Waals surface area contributed by atoms with Gasteiger partial charge in [-0.15, -0.1) is 0 Å². The molecule has 1 aromatic carbocycles. The minimum atomic E-state index is 0.574. The predicted molar refractivity (Wildman–Crippen MR) is 74.6 cm³/mol. The first-order valence-electron chi connectivity index (χ1n) is 5.72. The Bertz CT molecular complexity index is 783. The fourth-order valence-electron chi connectivity index (χ4n) is 2.09. The summed E-state index contributed by atoms with van der Waals surface area (Å²) in [7, 11) is 1.93. The van der Waals surface area contributed by atoms with Crippen LogP contribution < -0.4 is 4.80 Å². The molecule has 2 heterocycles. The van der Waals surface area contributed by atoms with Gasteiger partial charge in [-0.05, 0) is 36.2 Å². The van der Waals surface area contributed by atoms with Crippen molar-refractivity contribution < 1.29 is 0 Å². The number of aromatic nitrogens is 2. The molecule has 0 amide bonds. The molecule has 0 atom stereocenters. The molecule has 3 rings (SSSR count). The van der Waals surface area contributed by atoms with Gasteiger partial charge in [-0.2, -0.15) is 0 Å². The second kappa shape index (κ2) is 4.07. The Morgan fingerprint density at radius 2 is 2.11 bits per heavy atom. The van der Waals surface area contributed by atoms with Gasteiger partial charge in [0.15, 0.2) is 4.80 Å². The number of fused-ring (bicyclic) bond motifs is 1. The summed E-state index contributed by atoms with van der Waals surface area (Å²) in [5.41, 5.74) is 4.64. The minimum Gasteiger partial charge on any atom is -0.320 e. The molecular formula is C14H13N3S. The number of aryl methyl sites for hydroxylation is 2. The lowest BCUT2D eigenvalue weighted by Gasteiger charge is -2.05. The molecule has 1 N–H and O–H groups in total. The van der Waals surface area contributed by atoms with E-state index in [9.17, 15) is 0 Å². The van der Waals surface area contributed by atoms with Crippen LogP contribution in [-0.2, 0) is 7.05 Å². The molecular weight excluding hydrogens is 242 g/mol. The maximum Gasteiger partial charge on any atom is 0.182 e. The van der Waals surface area contributed by atoms with Crippen LogP contribution in [0.2, 0.25) is 0 Å². The summed E-state index contributed by atoms with van der Waals surface area (Å²) in [5, 5.41) is 7.83. The maximum absolute atomic E-state index is 7.83. The Labute approximate surface area is 109 Å². The summed E-state index contributed by atoms with van der Waals surface area (Å²) in [6.45, 7) is 2.09. The lowest BCUT2D eigenvalue weighted by Crippen LogP contribution is -2.06. The van der Waals surface area contributed by atoms with Gasteiger partial charge in [-0.1, -0.05) is 17.4 Å². The van der Waals surface area contributed by atoms with Crippen molar-refractivity contribution in [2.75, 3.05) is 0 Å². The van der Waals surface area contributed by atoms with Crippen LogP contribution in [0.5, 0.6) is 0 Å². The Hall–Kier alpha value is -1.94. The molecule has 0 radical (unpaired) electrons. The Morgan fingerprint density at radius 1 is 1.28 bits per heavy atom. The molecule has 90 valence electrons. The van der Waals surface area contributed by atoms with Gasteiger partial charge in [-0.3, -0.25) is 10.4 Å². The first-order valence-corrected chi connectivity index (χ1v) is 6.53. The molecule has 3 nitrogen and oxygen atoms in total. The third kappa shape index (κ3) is 1.66. The molecule has 0 aliphatic rings. The number of nitrogens with one attached hydrogen (secondary N) is 1. The van der Waals surface area contributed by atoms with E-state index in [4.69, 9.17) is 5.41 Å². The summed E-state index contributed by atoms with van der Waals surface area (Å²) in [5.74, 6) is 0. The van der Waals surface area contributed by atoms with Gasteiger partial charge in [0.05, 0.1) is 10.2 Å². The number of thiazole rings is 1. The average molecular weight is 255 g/mol. The van der Waals surface area contributed by atoms with E-state index >= 15 is 0 Å². The highest BCUT2D eigenvalue weighted by atomic mass is 32.1. The van der Waals surface area contributed by atoms with E-state index in [-0.39, 0.29) is 0 Å². The van der Waals surface area contributed by atoms with E-state index < -0.39 is 0 Å². The molecule has 0 bridgehead atoms. The van der Waals surface area contributed by atoms with Crippen molar-refractivity contribution in [3.63, 3.8) is 0 Å². The van der Waals surface area contributed by atoms with Gasteiger partial charge in [0.1, 0.15) is 0 Å². The Balaban J connectivity index is 2.26. The number of hydrogen-bond donors (Lipinski definition) is 1. The van der Waals surface area contributed by atoms with Crippen molar-refractivity contribution in [1.82, 2.24) is 9.55 Å². The molecule has 3 aromatic rings. The third-order valence-electron chi connectivity index (χ3n) is 3.18. The fourth-order valence-corrected chi connectivity index (χ4v) is 3.03. The summed E-state index contributed by atoms with van der Waals surface area (Å²) < 4.78 is 3.04. The number of rotatable bonds is 1. The zero-order chi connectivity index (χ0) is 12.7. The van der Waals surface area contributed by atoms with Crippen LogP contribution in [0.15, 0.2) is 36.7 Å². The van der Waals surface area contributed by atoms with Gasteiger partial charge in [0, 0.05) is 25.0 Å². The van der Waals surface area contributed by atoms with Gasteiger partial charge >= 0.3 is 0 Å². The largest absolute Gasteiger partial charge is 0.320 e. The monoisotopic (exact) mass is 255 g/mol. The van der Waals surface area contributed by atoms with E-state index in [1.54, 1.807) is 0 Å². The highest BCUT2D eigenvalue weighted by Gasteiger charge is 2.06. The second-order valence-electron chi connectivity index (χ2n) is 4.34. The quantitative estimate of drug-likeness (QED) is 0.713. The highest BCUT2D eigenvalue weighted by Crippen LogP contribution is 2.27. The molecule has 0 saturated heterocycles. The summed E-state index contributed by atoms with van der Waals surface area (Å²) in [4.78, 5) is 4.76. The van der Waals surface area contributed by atoms with Crippen LogP contribution in [0.4, 0.5) is 0 Å². The van der Waals surface area contributed by atoms with E-state index in [1.807, 2.05) is 30.1 Å². The first kappa shape index (κ1) is 11.2. The zero-order valence-electron chi connectivity index (χ0n) is 10.3. The minimum absolute atomic E-state index is 0.574. The smallest absolute Gasteiger partial charge is 0.182 e. The molecule has 0 spiro atoms. The van der Waals surface area contributed by atoms with Crippen LogP contribution in [-0.4, -0.2) is 9.55 Å². The summed E-state index contributed by atoms with van der Waals surface area (Å²) >= 11 is 1.50. The van der Waals surface area contributed by atoms with Gasteiger partial charge in [0.25, 0.3) is 0 Å². The normalized spacial score (nSPS) is 11.0. The van der Waals surface area contributed by atoms with Gasteiger partial charge in [-0.25, -0.2) is 0 Å². The summed E-state index contributed by atoms with van der Waals surface area (Å²) in [6, 6.07) is 8.33. The van der Waals surface area contributed by atoms with Crippen molar-refractivity contribution in [2.45, 2.75) is 6.92 Å². The third-order valence-corrected chi connectivity index (χ3v) is 4.20. The number of nitrogens with zero attached hydrogens (tertiary/aromatic N) is 2. The molecule has 0 aliphatic heterocycles. The van der Waals surface area contributed by atoms with E-state index in [1.165, 1.54) is 16.9 Å². The van der Waals surface area contributed by atoms with E-state index in [0.717, 1.165) is 21.3 Å². The van der Waals surface area contributed by atoms with E-state index in [0.29, 0.717) is 4.80 Å². The fraction of sp³-hybridized carbons (Fsp3) is 0.143.